The molecule has 8 heteroatoms. The lowest BCUT2D eigenvalue weighted by molar-refractivity contribution is 0.432. The molecule has 1 aliphatic rings. The minimum atomic E-state index is -3.02. The highest BCUT2D eigenvalue weighted by molar-refractivity contribution is 7.90. The Morgan fingerprint density at radius 1 is 1.15 bits per heavy atom. The van der Waals surface area contributed by atoms with E-state index in [4.69, 9.17) is 9.51 Å². The molecule has 2 aromatic carbocycles. The highest BCUT2D eigenvalue weighted by Gasteiger charge is 2.20. The molecule has 1 aliphatic carbocycles. The fourth-order valence-electron chi connectivity index (χ4n) is 4.52. The van der Waals surface area contributed by atoms with Gasteiger partial charge in [-0.15, -0.1) is 0 Å². The van der Waals surface area contributed by atoms with E-state index in [2.05, 4.69) is 59.4 Å². The Balaban J connectivity index is 1.43. The Labute approximate surface area is 199 Å². The first-order valence-corrected chi connectivity index (χ1v) is 13.6. The van der Waals surface area contributed by atoms with Gasteiger partial charge in [-0.1, -0.05) is 29.4 Å². The van der Waals surface area contributed by atoms with Crippen molar-refractivity contribution in [2.45, 2.75) is 32.7 Å². The number of hydrogen-bond acceptors (Lipinski definition) is 6. The molecule has 0 atom stereocenters. The molecular weight excluding hydrogens is 448 g/mol. The van der Waals surface area contributed by atoms with Crippen LogP contribution in [0.25, 0.3) is 39.4 Å². The van der Waals surface area contributed by atoms with Gasteiger partial charge in [-0.25, -0.2) is 8.42 Å². The van der Waals surface area contributed by atoms with Gasteiger partial charge in [0.15, 0.2) is 0 Å². The molecule has 0 radical (unpaired) electrons. The topological polar surface area (TPSA) is 90.0 Å². The minimum Gasteiger partial charge on any atom is -0.384 e. The Bertz CT molecular complexity index is 1500. The van der Waals surface area contributed by atoms with Crippen LogP contribution in [0, 0.1) is 0 Å². The number of nitrogens with zero attached hydrogens (tertiary/aromatic N) is 3. The van der Waals surface area contributed by atoms with Crippen LogP contribution in [0.5, 0.6) is 0 Å². The summed E-state index contributed by atoms with van der Waals surface area (Å²) in [6, 6.07) is 14.7. The quantitative estimate of drug-likeness (QED) is 0.410. The predicted octanol–water partition coefficient (Wildman–Crippen LogP) is 4.86. The van der Waals surface area contributed by atoms with E-state index in [1.54, 1.807) is 0 Å². The van der Waals surface area contributed by atoms with Gasteiger partial charge in [0.2, 0.25) is 5.82 Å². The molecule has 176 valence electrons. The highest BCUT2D eigenvalue weighted by Crippen LogP contribution is 2.33. The third-order valence-corrected chi connectivity index (χ3v) is 7.13. The summed E-state index contributed by atoms with van der Waals surface area (Å²) in [5.41, 5.74) is 6.16. The van der Waals surface area contributed by atoms with Crippen molar-refractivity contribution >= 4 is 26.4 Å². The number of rotatable bonds is 7. The normalized spacial score (nSPS) is 13.8. The summed E-state index contributed by atoms with van der Waals surface area (Å²) >= 11 is 0. The molecule has 2 aromatic heterocycles. The Morgan fingerprint density at radius 3 is 2.76 bits per heavy atom. The molecule has 0 saturated carbocycles. The van der Waals surface area contributed by atoms with Gasteiger partial charge in [0.1, 0.15) is 9.84 Å². The molecule has 7 nitrogen and oxygen atoms in total. The maximum absolute atomic E-state index is 11.5. The van der Waals surface area contributed by atoms with E-state index in [1.165, 1.54) is 11.8 Å². The third kappa shape index (κ3) is 4.37. The maximum atomic E-state index is 11.5. The predicted molar refractivity (Wildman–Crippen MR) is 135 cm³/mol. The van der Waals surface area contributed by atoms with Gasteiger partial charge >= 0.3 is 0 Å². The molecule has 2 heterocycles. The van der Waals surface area contributed by atoms with E-state index in [9.17, 15) is 8.42 Å². The zero-order valence-electron chi connectivity index (χ0n) is 19.6. The van der Waals surface area contributed by atoms with Crippen LogP contribution in [0.15, 0.2) is 59.3 Å². The van der Waals surface area contributed by atoms with E-state index in [0.717, 1.165) is 46.2 Å². The fourth-order valence-corrected chi connectivity index (χ4v) is 5.00. The first-order valence-electron chi connectivity index (χ1n) is 11.5. The van der Waals surface area contributed by atoms with Crippen molar-refractivity contribution in [3.8, 4) is 22.8 Å². The number of hydrogen-bond donors (Lipinski definition) is 1. The minimum absolute atomic E-state index is 0.0957. The Kier molecular flexibility index (Phi) is 5.77. The van der Waals surface area contributed by atoms with Gasteiger partial charge in [0.25, 0.3) is 5.89 Å². The van der Waals surface area contributed by atoms with E-state index >= 15 is 0 Å². The van der Waals surface area contributed by atoms with Crippen LogP contribution in [0.3, 0.4) is 0 Å². The van der Waals surface area contributed by atoms with Gasteiger partial charge < -0.3 is 14.4 Å². The Hall–Kier alpha value is -3.39. The SMILES string of the molecule is CC(C)n1ccc2cc(-c3nc(-c4cccc5c4CCC=C5NCCS(C)(=O)=O)no3)ccc21. The molecule has 34 heavy (non-hydrogen) atoms. The lowest BCUT2D eigenvalue weighted by Crippen LogP contribution is -2.23. The average molecular weight is 477 g/mol. The summed E-state index contributed by atoms with van der Waals surface area (Å²) in [7, 11) is -3.02. The van der Waals surface area contributed by atoms with Crippen LogP contribution < -0.4 is 5.32 Å². The summed E-state index contributed by atoms with van der Waals surface area (Å²) in [4.78, 5) is 4.72. The molecule has 0 bridgehead atoms. The third-order valence-electron chi connectivity index (χ3n) is 6.19. The van der Waals surface area contributed by atoms with Crippen LogP contribution >= 0.6 is 0 Å². The first kappa shape index (κ1) is 22.4. The lowest BCUT2D eigenvalue weighted by Gasteiger charge is -2.21. The molecule has 0 saturated heterocycles. The van der Waals surface area contributed by atoms with Crippen LogP contribution in [0.1, 0.15) is 37.4 Å². The number of nitrogens with one attached hydrogen (secondary N) is 1. The first-order chi connectivity index (χ1) is 16.3. The second kappa shape index (κ2) is 8.76. The van der Waals surface area contributed by atoms with Gasteiger partial charge in [0, 0.05) is 58.3 Å². The second-order valence-corrected chi connectivity index (χ2v) is 11.3. The summed E-state index contributed by atoms with van der Waals surface area (Å²) in [6.07, 6.45) is 7.19. The molecule has 0 amide bonds. The van der Waals surface area contributed by atoms with E-state index in [-0.39, 0.29) is 5.75 Å². The monoisotopic (exact) mass is 476 g/mol. The highest BCUT2D eigenvalue weighted by atomic mass is 32.2. The standard InChI is InChI=1S/C26H28N4O3S/c1-17(2)30-14-12-18-16-19(10-11-24(18)30)26-28-25(29-33-26)22-8-4-7-21-20(22)6-5-9-23(21)27-13-15-34(3,31)32/h4,7-12,14,16-17,27H,5-6,13,15H2,1-3H3. The van der Waals surface area contributed by atoms with Crippen molar-refractivity contribution in [2.24, 2.45) is 0 Å². The molecular formula is C26H28N4O3S. The smallest absolute Gasteiger partial charge is 0.258 e. The van der Waals surface area contributed by atoms with E-state index < -0.39 is 9.84 Å². The Morgan fingerprint density at radius 2 is 1.97 bits per heavy atom. The van der Waals surface area contributed by atoms with Gasteiger partial charge in [-0.2, -0.15) is 4.98 Å². The largest absolute Gasteiger partial charge is 0.384 e. The molecule has 5 rings (SSSR count). The van der Waals surface area contributed by atoms with Crippen LogP contribution in [-0.4, -0.2) is 41.7 Å². The van der Waals surface area contributed by atoms with Crippen LogP contribution in [0.4, 0.5) is 0 Å². The molecule has 0 unspecified atom stereocenters. The summed E-state index contributed by atoms with van der Waals surface area (Å²) in [6.45, 7) is 4.71. The second-order valence-electron chi connectivity index (χ2n) is 9.06. The van der Waals surface area contributed by atoms with Gasteiger partial charge in [0.05, 0.1) is 5.75 Å². The molecule has 1 N–H and O–H groups in total. The van der Waals surface area contributed by atoms with Crippen molar-refractivity contribution in [3.05, 3.63) is 65.9 Å². The lowest BCUT2D eigenvalue weighted by atomic mass is 9.90. The van der Waals surface area contributed by atoms with Crippen molar-refractivity contribution in [1.29, 1.82) is 0 Å². The summed E-state index contributed by atoms with van der Waals surface area (Å²) in [5, 5.41) is 8.72. The zero-order chi connectivity index (χ0) is 23.9. The summed E-state index contributed by atoms with van der Waals surface area (Å²) < 4.78 is 30.9. The van der Waals surface area contributed by atoms with E-state index in [0.29, 0.717) is 24.3 Å². The molecule has 0 aliphatic heterocycles. The fraction of sp³-hybridized carbons (Fsp3) is 0.308. The number of benzene rings is 2. The maximum Gasteiger partial charge on any atom is 0.258 e. The number of sulfone groups is 1. The van der Waals surface area contributed by atoms with Crippen molar-refractivity contribution < 1.29 is 12.9 Å². The average Bonchev–Trinajstić information content (AvgIpc) is 3.45. The molecule has 0 spiro atoms. The number of aromatic nitrogens is 3. The number of allylic oxidation sites excluding steroid dienone is 1. The van der Waals surface area contributed by atoms with Crippen LogP contribution in [0.2, 0.25) is 0 Å². The van der Waals surface area contributed by atoms with Gasteiger partial charge in [-0.3, -0.25) is 0 Å². The zero-order valence-corrected chi connectivity index (χ0v) is 20.4. The molecule has 4 aromatic rings. The van der Waals surface area contributed by atoms with E-state index in [1.807, 2.05) is 24.3 Å². The summed E-state index contributed by atoms with van der Waals surface area (Å²) in [5.74, 6) is 1.15. The van der Waals surface area contributed by atoms with Crippen molar-refractivity contribution in [3.63, 3.8) is 0 Å². The van der Waals surface area contributed by atoms with Crippen LogP contribution in [-0.2, 0) is 16.3 Å². The van der Waals surface area contributed by atoms with Gasteiger partial charge in [-0.05, 0) is 56.5 Å². The molecule has 0 fully saturated rings. The van der Waals surface area contributed by atoms with Crippen molar-refractivity contribution in [2.75, 3.05) is 18.6 Å². The number of fused-ring (bicyclic) bond motifs is 2. The van der Waals surface area contributed by atoms with Crippen molar-refractivity contribution in [1.82, 2.24) is 20.0 Å².